The van der Waals surface area contributed by atoms with Gasteiger partial charge in [-0.25, -0.2) is 0 Å². The Morgan fingerprint density at radius 2 is 1.09 bits per heavy atom. The van der Waals surface area contributed by atoms with E-state index in [2.05, 4.69) is 12.1 Å². The van der Waals surface area contributed by atoms with Gasteiger partial charge in [0.1, 0.15) is 47.6 Å². The highest BCUT2D eigenvalue weighted by Gasteiger charge is 2.39. The van der Waals surface area contributed by atoms with Crippen molar-refractivity contribution in [3.8, 4) is 60.7 Å². The van der Waals surface area contributed by atoms with E-state index in [0.29, 0.717) is 0 Å². The van der Waals surface area contributed by atoms with E-state index in [0.717, 1.165) is 0 Å². The second-order valence-corrected chi connectivity index (χ2v) is 10.0. The van der Waals surface area contributed by atoms with Crippen LogP contribution in [0.1, 0.15) is 45.4 Å². The Balaban J connectivity index is 1.92. The van der Waals surface area contributed by atoms with Crippen LogP contribution in [0.2, 0.25) is 0 Å². The molecule has 0 saturated heterocycles. The van der Waals surface area contributed by atoms with Crippen LogP contribution in [-0.2, 0) is 0 Å². The predicted octanol–water partition coefficient (Wildman–Crippen LogP) is 5.69. The molecule has 0 amide bonds. The number of rotatable bonds is 2. The first kappa shape index (κ1) is 29.3. The Bertz CT molecular complexity index is 2430. The molecular weight excluding hydrogens is 572 g/mol. The van der Waals surface area contributed by atoms with Gasteiger partial charge < -0.3 is 0 Å². The third kappa shape index (κ3) is 4.35. The van der Waals surface area contributed by atoms with Crippen molar-refractivity contribution in [2.45, 2.75) is 6.42 Å². The number of hydrogen-bond acceptors (Lipinski definition) is 10. The Kier molecular flexibility index (Phi) is 7.37. The van der Waals surface area contributed by atoms with Crippen LogP contribution in [0.3, 0.4) is 0 Å². The molecule has 3 aliphatic carbocycles. The van der Waals surface area contributed by atoms with Crippen molar-refractivity contribution in [3.05, 3.63) is 109 Å². The molecule has 3 aliphatic rings. The predicted molar refractivity (Wildman–Crippen MR) is 159 cm³/mol. The molecule has 0 aromatic heterocycles. The molecule has 0 N–H and O–H groups in total. The van der Waals surface area contributed by atoms with Crippen molar-refractivity contribution in [3.63, 3.8) is 0 Å². The van der Waals surface area contributed by atoms with E-state index in [9.17, 15) is 52.6 Å². The van der Waals surface area contributed by atoms with Crippen LogP contribution >= 0.6 is 0 Å². The largest absolute Gasteiger partial charge is 0.193 e. The van der Waals surface area contributed by atoms with Gasteiger partial charge in [-0.15, -0.1) is 0 Å². The normalized spacial score (nSPS) is 15.3. The Morgan fingerprint density at radius 3 is 1.61 bits per heavy atom. The summed E-state index contributed by atoms with van der Waals surface area (Å²) < 4.78 is 0. The monoisotopic (exact) mass is 582 g/mol. The molecule has 1 unspecified atom stereocenters. The zero-order valence-corrected chi connectivity index (χ0v) is 23.3. The molecule has 0 radical (unpaired) electrons. The van der Waals surface area contributed by atoms with E-state index in [1.54, 1.807) is 6.08 Å². The van der Waals surface area contributed by atoms with Gasteiger partial charge in [0.05, 0.1) is 46.5 Å². The lowest BCUT2D eigenvalue weighted by Crippen LogP contribution is -2.09. The zero-order valence-electron chi connectivity index (χ0n) is 23.3. The molecule has 0 saturated carbocycles. The number of benzene rings is 2. The van der Waals surface area contributed by atoms with E-state index in [1.807, 2.05) is 48.6 Å². The first-order chi connectivity index (χ1) is 22.4. The van der Waals surface area contributed by atoms with E-state index >= 15 is 0 Å². The topological polar surface area (TPSA) is 238 Å². The SMILES string of the molecule is N#CC1=CC(C2=C(C#N)c3cc4c(cc3C2=C(C#N)C#N)C(=C(C#N)C#N)C(c2cc(C#N)cc(C#N)c2)=C4C#N)CC(C#N)=C1. The molecule has 0 fully saturated rings. The fraction of sp³-hybridized carbons (Fsp3) is 0.0556. The van der Waals surface area contributed by atoms with Gasteiger partial charge in [0.25, 0.3) is 0 Å². The minimum atomic E-state index is -0.735. The van der Waals surface area contributed by atoms with Crippen LogP contribution in [0.4, 0.5) is 0 Å². The first-order valence-corrected chi connectivity index (χ1v) is 13.1. The van der Waals surface area contributed by atoms with Crippen LogP contribution < -0.4 is 0 Å². The van der Waals surface area contributed by atoms with Gasteiger partial charge in [-0.05, 0) is 65.1 Å². The number of fused-ring (bicyclic) bond motifs is 2. The van der Waals surface area contributed by atoms with Gasteiger partial charge >= 0.3 is 0 Å². The van der Waals surface area contributed by atoms with Crippen LogP contribution in [-0.4, -0.2) is 0 Å². The molecule has 2 aromatic rings. The van der Waals surface area contributed by atoms with Crippen molar-refractivity contribution in [1.82, 2.24) is 0 Å². The summed E-state index contributed by atoms with van der Waals surface area (Å²) in [5.41, 5.74) is 1.70. The Morgan fingerprint density at radius 1 is 0.543 bits per heavy atom. The van der Waals surface area contributed by atoms with E-state index in [1.165, 1.54) is 36.4 Å². The van der Waals surface area contributed by atoms with Crippen LogP contribution in [0.15, 0.2) is 70.3 Å². The minimum absolute atomic E-state index is 0.00543. The number of nitrogens with zero attached hydrogens (tertiary/aromatic N) is 10. The summed E-state index contributed by atoms with van der Waals surface area (Å²) in [6.45, 7) is 0. The van der Waals surface area contributed by atoms with Crippen molar-refractivity contribution in [1.29, 1.82) is 52.6 Å². The van der Waals surface area contributed by atoms with Crippen molar-refractivity contribution < 1.29 is 0 Å². The van der Waals surface area contributed by atoms with Gasteiger partial charge in [-0.1, -0.05) is 6.08 Å². The molecular formula is C36H10N10. The van der Waals surface area contributed by atoms with Crippen LogP contribution in [0.5, 0.6) is 0 Å². The molecule has 0 aliphatic heterocycles. The van der Waals surface area contributed by atoms with Gasteiger partial charge in [0.2, 0.25) is 0 Å². The maximum absolute atomic E-state index is 10.4. The highest BCUT2D eigenvalue weighted by atomic mass is 14.4. The smallest absolute Gasteiger partial charge is 0.138 e. The maximum Gasteiger partial charge on any atom is 0.138 e. The molecule has 0 heterocycles. The molecule has 10 heteroatoms. The Labute approximate surface area is 262 Å². The third-order valence-corrected chi connectivity index (χ3v) is 7.72. The number of nitriles is 10. The molecule has 10 nitrogen and oxygen atoms in total. The number of allylic oxidation sites excluding steroid dienone is 12. The zero-order chi connectivity index (χ0) is 33.1. The van der Waals surface area contributed by atoms with Crippen molar-refractivity contribution in [2.24, 2.45) is 5.92 Å². The average molecular weight is 583 g/mol. The van der Waals surface area contributed by atoms with Crippen LogP contribution in [0, 0.1) is 119 Å². The summed E-state index contributed by atoms with van der Waals surface area (Å²) >= 11 is 0. The summed E-state index contributed by atoms with van der Waals surface area (Å²) in [4.78, 5) is 0. The Hall–Kier alpha value is -8.22. The number of hydrogen-bond donors (Lipinski definition) is 0. The lowest BCUT2D eigenvalue weighted by atomic mass is 9.80. The molecule has 0 bridgehead atoms. The lowest BCUT2D eigenvalue weighted by molar-refractivity contribution is 0.771. The van der Waals surface area contributed by atoms with E-state index in [4.69, 9.17) is 0 Å². The molecule has 1 atom stereocenters. The summed E-state index contributed by atoms with van der Waals surface area (Å²) in [5.74, 6) is -0.735. The second-order valence-electron chi connectivity index (χ2n) is 10.0. The van der Waals surface area contributed by atoms with E-state index < -0.39 is 5.92 Å². The quantitative estimate of drug-likeness (QED) is 0.392. The fourth-order valence-electron chi connectivity index (χ4n) is 5.98. The summed E-state index contributed by atoms with van der Waals surface area (Å²) in [5, 5.41) is 99.2. The minimum Gasteiger partial charge on any atom is -0.193 e. The van der Waals surface area contributed by atoms with Gasteiger partial charge in [-0.2, -0.15) is 52.6 Å². The summed E-state index contributed by atoms with van der Waals surface area (Å²) in [6.07, 6.45) is 3.07. The highest BCUT2D eigenvalue weighted by molar-refractivity contribution is 6.26. The van der Waals surface area contributed by atoms with Crippen molar-refractivity contribution in [2.75, 3.05) is 0 Å². The molecule has 5 rings (SSSR count). The third-order valence-electron chi connectivity index (χ3n) is 7.72. The van der Waals surface area contributed by atoms with E-state index in [-0.39, 0.29) is 101 Å². The maximum atomic E-state index is 10.4. The van der Waals surface area contributed by atoms with Gasteiger partial charge in [-0.3, -0.25) is 0 Å². The van der Waals surface area contributed by atoms with Gasteiger partial charge in [0, 0.05) is 44.9 Å². The molecule has 0 spiro atoms. The first-order valence-electron chi connectivity index (χ1n) is 13.1. The molecule has 2 aromatic carbocycles. The molecule has 204 valence electrons. The average Bonchev–Trinajstić information content (AvgIpc) is 3.59. The standard InChI is InChI=1S/C36H10N10/c37-9-19-1-20(10-38)4-23(3-19)33-31(17-45)27-7-28-30(8-29(27)35(33)25(13-41)14-42)36(26(15-43)16-44)34(32(28)18-46)24-5-21(11-39)2-22(6-24)12-40/h1-5,7-8,24H,6H2. The highest BCUT2D eigenvalue weighted by Crippen LogP contribution is 2.54. The fourth-order valence-corrected chi connectivity index (χ4v) is 5.98. The van der Waals surface area contributed by atoms with Gasteiger partial charge in [0.15, 0.2) is 0 Å². The van der Waals surface area contributed by atoms with Crippen LogP contribution in [0.25, 0.3) is 27.9 Å². The van der Waals surface area contributed by atoms with Crippen molar-refractivity contribution >= 4 is 27.9 Å². The second kappa shape index (κ2) is 11.6. The summed E-state index contributed by atoms with van der Waals surface area (Å²) in [6, 6.07) is 26.9. The lowest BCUT2D eigenvalue weighted by Gasteiger charge is -2.20. The summed E-state index contributed by atoms with van der Waals surface area (Å²) in [7, 11) is 0. The molecule has 46 heavy (non-hydrogen) atoms.